The zero-order valence-electron chi connectivity index (χ0n) is 12.1. The Morgan fingerprint density at radius 3 is 2.67 bits per heavy atom. The second-order valence-corrected chi connectivity index (χ2v) is 5.93. The van der Waals surface area contributed by atoms with Crippen LogP contribution in [0.25, 0.3) is 0 Å². The molecule has 0 aliphatic carbocycles. The minimum absolute atomic E-state index is 0. The quantitative estimate of drug-likeness (QED) is 0.737. The Bertz CT molecular complexity index is 468. The van der Waals surface area contributed by atoms with Crippen LogP contribution < -0.4 is 15.8 Å². The molecule has 0 fully saturated rings. The lowest BCUT2D eigenvalue weighted by Gasteiger charge is -2.24. The van der Waals surface area contributed by atoms with Crippen LogP contribution in [0.4, 0.5) is 0 Å². The third kappa shape index (κ3) is 7.23. The van der Waals surface area contributed by atoms with Gasteiger partial charge in [0.15, 0.2) is 0 Å². The van der Waals surface area contributed by atoms with Gasteiger partial charge in [-0.2, -0.15) is 0 Å². The van der Waals surface area contributed by atoms with Crippen molar-refractivity contribution >= 4 is 41.5 Å². The Morgan fingerprint density at radius 2 is 2.05 bits per heavy atom. The average molecular weight is 356 g/mol. The molecule has 0 heterocycles. The predicted octanol–water partition coefficient (Wildman–Crippen LogP) is 3.43. The zero-order valence-corrected chi connectivity index (χ0v) is 14.4. The van der Waals surface area contributed by atoms with Gasteiger partial charge in [0, 0.05) is 18.5 Å². The van der Waals surface area contributed by atoms with Crippen LogP contribution in [0.3, 0.4) is 0 Å². The van der Waals surface area contributed by atoms with Crippen LogP contribution in [0.2, 0.25) is 10.0 Å². The van der Waals surface area contributed by atoms with Crippen LogP contribution in [0.15, 0.2) is 18.2 Å². The summed E-state index contributed by atoms with van der Waals surface area (Å²) in [6, 6.07) is 5.20. The lowest BCUT2D eigenvalue weighted by molar-refractivity contribution is -0.122. The largest absolute Gasteiger partial charge is 0.492 e. The molecule has 0 saturated heterocycles. The van der Waals surface area contributed by atoms with Crippen molar-refractivity contribution in [3.63, 3.8) is 0 Å². The highest BCUT2D eigenvalue weighted by Gasteiger charge is 2.17. The smallest absolute Gasteiger partial charge is 0.220 e. The lowest BCUT2D eigenvalue weighted by Crippen LogP contribution is -2.48. The van der Waals surface area contributed by atoms with E-state index in [0.717, 1.165) is 0 Å². The molecular weight excluding hydrogens is 335 g/mol. The molecule has 1 rings (SSSR count). The molecular formula is C14H21Cl3N2O2. The van der Waals surface area contributed by atoms with Gasteiger partial charge in [-0.05, 0) is 32.4 Å². The molecule has 0 bridgehead atoms. The number of hydrogen-bond donors (Lipinski definition) is 2. The van der Waals surface area contributed by atoms with Gasteiger partial charge < -0.3 is 15.8 Å². The molecule has 3 N–H and O–H groups in total. The first kappa shape index (κ1) is 20.3. The van der Waals surface area contributed by atoms with Crippen molar-refractivity contribution in [1.82, 2.24) is 5.32 Å². The van der Waals surface area contributed by atoms with Crippen molar-refractivity contribution in [1.29, 1.82) is 0 Å². The summed E-state index contributed by atoms with van der Waals surface area (Å²) in [5.41, 5.74) is 5.17. The minimum Gasteiger partial charge on any atom is -0.492 e. The van der Waals surface area contributed by atoms with Crippen molar-refractivity contribution < 1.29 is 9.53 Å². The van der Waals surface area contributed by atoms with Crippen molar-refractivity contribution in [2.24, 2.45) is 5.73 Å². The number of ether oxygens (including phenoxy) is 1. The van der Waals surface area contributed by atoms with Crippen molar-refractivity contribution in [2.45, 2.75) is 32.2 Å². The number of carbonyl (C=O) groups is 1. The zero-order chi connectivity index (χ0) is 15.2. The normalized spacial score (nSPS) is 10.7. The molecule has 4 nitrogen and oxygen atoms in total. The van der Waals surface area contributed by atoms with Gasteiger partial charge in [0.1, 0.15) is 10.8 Å². The summed E-state index contributed by atoms with van der Waals surface area (Å²) in [6.07, 6.45) is 0.969. The molecule has 0 radical (unpaired) electrons. The fourth-order valence-electron chi connectivity index (χ4n) is 1.50. The minimum atomic E-state index is -0.381. The first-order valence-electron chi connectivity index (χ1n) is 6.43. The molecule has 0 aromatic heterocycles. The van der Waals surface area contributed by atoms with Crippen LogP contribution in [-0.4, -0.2) is 24.6 Å². The monoisotopic (exact) mass is 354 g/mol. The average Bonchev–Trinajstić information content (AvgIpc) is 2.39. The first-order valence-corrected chi connectivity index (χ1v) is 7.19. The molecule has 0 aliphatic heterocycles. The summed E-state index contributed by atoms with van der Waals surface area (Å²) in [5, 5.41) is 3.70. The number of halogens is 3. The van der Waals surface area contributed by atoms with E-state index < -0.39 is 0 Å². The molecule has 7 heteroatoms. The van der Waals surface area contributed by atoms with Crippen LogP contribution >= 0.6 is 35.6 Å². The molecule has 0 aliphatic rings. The fourth-order valence-corrected chi connectivity index (χ4v) is 1.85. The van der Waals surface area contributed by atoms with Crippen LogP contribution in [0, 0.1) is 0 Å². The van der Waals surface area contributed by atoms with Gasteiger partial charge in [-0.15, -0.1) is 12.4 Å². The summed E-state index contributed by atoms with van der Waals surface area (Å²) in [5.74, 6) is 0.489. The number of nitrogens with two attached hydrogens (primary N) is 1. The van der Waals surface area contributed by atoms with Gasteiger partial charge in [-0.1, -0.05) is 29.3 Å². The van der Waals surface area contributed by atoms with E-state index in [9.17, 15) is 4.79 Å². The lowest BCUT2D eigenvalue weighted by atomic mass is 10.1. The third-order valence-electron chi connectivity index (χ3n) is 2.71. The second kappa shape index (κ2) is 9.36. The Hall–Kier alpha value is -0.680. The van der Waals surface area contributed by atoms with E-state index in [0.29, 0.717) is 41.8 Å². The molecule has 0 saturated carbocycles. The summed E-state index contributed by atoms with van der Waals surface area (Å²) in [7, 11) is 0. The molecule has 1 aromatic carbocycles. The van der Waals surface area contributed by atoms with Gasteiger partial charge >= 0.3 is 0 Å². The summed E-state index contributed by atoms with van der Waals surface area (Å²) >= 11 is 11.9. The Morgan fingerprint density at radius 1 is 1.38 bits per heavy atom. The Kier molecular flexibility index (Phi) is 9.06. The third-order valence-corrected chi connectivity index (χ3v) is 3.51. The van der Waals surface area contributed by atoms with Crippen molar-refractivity contribution in [3.05, 3.63) is 28.2 Å². The second-order valence-electron chi connectivity index (χ2n) is 5.14. The number of hydrogen-bond acceptors (Lipinski definition) is 3. The van der Waals surface area contributed by atoms with E-state index in [2.05, 4.69) is 5.32 Å². The topological polar surface area (TPSA) is 64.3 Å². The van der Waals surface area contributed by atoms with E-state index in [1.54, 1.807) is 18.2 Å². The standard InChI is InChI=1S/C14H20Cl2N2O2.ClH/c1-14(2,9-17)18-12(19)7-4-8-20-11-6-3-5-10(15)13(11)16;/h3,5-6H,4,7-9,17H2,1-2H3,(H,18,19);1H. The predicted molar refractivity (Wildman–Crippen MR) is 89.7 cm³/mol. The molecule has 0 atom stereocenters. The highest BCUT2D eigenvalue weighted by Crippen LogP contribution is 2.31. The van der Waals surface area contributed by atoms with Gasteiger partial charge in [0.25, 0.3) is 0 Å². The number of carbonyl (C=O) groups excluding carboxylic acids is 1. The van der Waals surface area contributed by atoms with E-state index in [-0.39, 0.29) is 23.9 Å². The molecule has 120 valence electrons. The highest BCUT2D eigenvalue weighted by molar-refractivity contribution is 6.42. The molecule has 0 unspecified atom stereocenters. The Balaban J connectivity index is 0.00000400. The van der Waals surface area contributed by atoms with E-state index in [1.807, 2.05) is 13.8 Å². The molecule has 0 spiro atoms. The van der Waals surface area contributed by atoms with E-state index in [1.165, 1.54) is 0 Å². The van der Waals surface area contributed by atoms with Gasteiger partial charge in [-0.25, -0.2) is 0 Å². The van der Waals surface area contributed by atoms with Crippen molar-refractivity contribution in [3.8, 4) is 5.75 Å². The number of benzene rings is 1. The fraction of sp³-hybridized carbons (Fsp3) is 0.500. The van der Waals surface area contributed by atoms with Crippen LogP contribution in [0.5, 0.6) is 5.75 Å². The van der Waals surface area contributed by atoms with E-state index >= 15 is 0 Å². The number of amides is 1. The Labute approximate surface area is 141 Å². The number of rotatable bonds is 7. The van der Waals surface area contributed by atoms with Crippen LogP contribution in [-0.2, 0) is 4.79 Å². The molecule has 1 aromatic rings. The summed E-state index contributed by atoms with van der Waals surface area (Å²) < 4.78 is 5.50. The maximum atomic E-state index is 11.7. The molecule has 21 heavy (non-hydrogen) atoms. The highest BCUT2D eigenvalue weighted by atomic mass is 35.5. The van der Waals surface area contributed by atoms with Crippen molar-refractivity contribution in [2.75, 3.05) is 13.2 Å². The SMILES string of the molecule is CC(C)(CN)NC(=O)CCCOc1cccc(Cl)c1Cl.Cl. The maximum Gasteiger partial charge on any atom is 0.220 e. The maximum absolute atomic E-state index is 11.7. The molecule has 1 amide bonds. The summed E-state index contributed by atoms with van der Waals surface area (Å²) in [4.78, 5) is 11.7. The summed E-state index contributed by atoms with van der Waals surface area (Å²) in [6.45, 7) is 4.56. The van der Waals surface area contributed by atoms with Crippen LogP contribution in [0.1, 0.15) is 26.7 Å². The van der Waals surface area contributed by atoms with E-state index in [4.69, 9.17) is 33.7 Å². The number of nitrogens with one attached hydrogen (secondary N) is 1. The first-order chi connectivity index (χ1) is 9.35. The van der Waals surface area contributed by atoms with Gasteiger partial charge in [-0.3, -0.25) is 4.79 Å². The van der Waals surface area contributed by atoms with Gasteiger partial charge in [0.2, 0.25) is 5.91 Å². The van der Waals surface area contributed by atoms with Gasteiger partial charge in [0.05, 0.1) is 11.6 Å².